The summed E-state index contributed by atoms with van der Waals surface area (Å²) in [5.74, 6) is -0.441. The molecule has 0 aromatic carbocycles. The van der Waals surface area contributed by atoms with Gasteiger partial charge in [-0.3, -0.25) is 0 Å². The topological polar surface area (TPSA) is 59.1 Å². The summed E-state index contributed by atoms with van der Waals surface area (Å²) in [5, 5.41) is 8.62. The number of aromatic nitrogens is 1. The lowest BCUT2D eigenvalue weighted by atomic mass is 10.1. The molecule has 0 saturated heterocycles. The van der Waals surface area contributed by atoms with Gasteiger partial charge < -0.3 is 10.8 Å². The second-order valence-corrected chi connectivity index (χ2v) is 3.53. The normalized spacial score (nSPS) is 11.6. The van der Waals surface area contributed by atoms with Crippen molar-refractivity contribution >= 4 is 15.9 Å². The molecule has 1 aromatic rings. The summed E-state index contributed by atoms with van der Waals surface area (Å²) in [6.45, 7) is -1.82. The van der Waals surface area contributed by atoms with Crippen LogP contribution in [0.15, 0.2) is 16.7 Å². The molecule has 0 aliphatic rings. The first-order chi connectivity index (χ1) is 7.56. The van der Waals surface area contributed by atoms with E-state index in [0.717, 1.165) is 0 Å². The van der Waals surface area contributed by atoms with Crippen LogP contribution in [0.2, 0.25) is 0 Å². The van der Waals surface area contributed by atoms with Gasteiger partial charge in [0.2, 0.25) is 6.93 Å². The molecule has 1 heterocycles. The van der Waals surface area contributed by atoms with Gasteiger partial charge in [0.25, 0.3) is 0 Å². The second-order valence-electron chi connectivity index (χ2n) is 2.72. The third-order valence-electron chi connectivity index (χ3n) is 1.63. The third kappa shape index (κ3) is 5.43. The van der Waals surface area contributed by atoms with Crippen LogP contribution in [0.5, 0.6) is 0 Å². The molecule has 0 saturated carbocycles. The van der Waals surface area contributed by atoms with Crippen molar-refractivity contribution in [3.63, 3.8) is 0 Å². The van der Waals surface area contributed by atoms with Crippen LogP contribution in [0.1, 0.15) is 18.2 Å². The Morgan fingerprint density at radius 2 is 2.00 bits per heavy atom. The maximum absolute atomic E-state index is 13.1. The minimum absolute atomic E-state index is 0.0746. The number of aliphatic hydroxyl groups is 1. The smallest absolute Gasteiger partial charge is 0.229 e. The lowest BCUT2D eigenvalue weighted by molar-refractivity contribution is 0.274. The molecule has 0 fully saturated rings. The highest BCUT2D eigenvalue weighted by molar-refractivity contribution is 9.10. The lowest BCUT2D eigenvalue weighted by Gasteiger charge is -2.10. The number of nitrogens with two attached hydrogens (primary N) is 1. The number of nitrogens with zero attached hydrogens (tertiary/aromatic N) is 1. The minimum Gasteiger partial charge on any atom is -0.396 e. The standard InChI is InChI=1S/C8H10BrFN2O.CH2F2/c9-7-2-1-5(10)8(12-7)6(11)3-4-13;2-1-3/h1-2,6,13H,3-4,11H2;1H2/t6-;/m0./s1. The molecule has 1 rings (SSSR count). The first-order valence-electron chi connectivity index (χ1n) is 4.37. The molecule has 1 atom stereocenters. The fourth-order valence-corrected chi connectivity index (χ4v) is 1.29. The number of aliphatic hydroxyl groups excluding tert-OH is 1. The molecule has 92 valence electrons. The number of alkyl halides is 2. The van der Waals surface area contributed by atoms with Crippen LogP contribution >= 0.6 is 15.9 Å². The third-order valence-corrected chi connectivity index (χ3v) is 2.07. The number of rotatable bonds is 3. The number of halogens is 4. The van der Waals surface area contributed by atoms with E-state index in [1.807, 2.05) is 0 Å². The van der Waals surface area contributed by atoms with Gasteiger partial charge in [0.1, 0.15) is 10.4 Å². The summed E-state index contributed by atoms with van der Waals surface area (Å²) < 4.78 is 32.9. The minimum atomic E-state index is -1.75. The van der Waals surface area contributed by atoms with Crippen LogP contribution in [-0.2, 0) is 0 Å². The van der Waals surface area contributed by atoms with E-state index in [1.54, 1.807) is 0 Å². The summed E-state index contributed by atoms with van der Waals surface area (Å²) in [6.07, 6.45) is 0.306. The molecule has 0 aliphatic carbocycles. The van der Waals surface area contributed by atoms with Crippen molar-refractivity contribution in [1.29, 1.82) is 0 Å². The molecule has 0 spiro atoms. The molecule has 0 unspecified atom stereocenters. The summed E-state index contributed by atoms with van der Waals surface area (Å²) in [7, 11) is 0. The van der Waals surface area contributed by atoms with Gasteiger partial charge in [0, 0.05) is 6.61 Å². The molecule has 0 aliphatic heterocycles. The second kappa shape index (κ2) is 8.49. The van der Waals surface area contributed by atoms with Crippen molar-refractivity contribution in [2.24, 2.45) is 5.73 Å². The molecule has 3 nitrogen and oxygen atoms in total. The van der Waals surface area contributed by atoms with Crippen molar-refractivity contribution in [2.75, 3.05) is 13.5 Å². The van der Waals surface area contributed by atoms with Gasteiger partial charge in [-0.2, -0.15) is 0 Å². The fraction of sp³-hybridized carbons (Fsp3) is 0.444. The molecule has 1 aromatic heterocycles. The van der Waals surface area contributed by atoms with E-state index < -0.39 is 18.8 Å². The van der Waals surface area contributed by atoms with E-state index in [9.17, 15) is 13.2 Å². The SMILES string of the molecule is FCF.N[C@@H](CCO)c1nc(Br)ccc1F. The predicted octanol–water partition coefficient (Wildman–Crippen LogP) is 2.25. The molecule has 7 heteroatoms. The van der Waals surface area contributed by atoms with Gasteiger partial charge in [0.05, 0.1) is 11.7 Å². The molecular formula is C9H12BrF3N2O. The Balaban J connectivity index is 0.000000673. The summed E-state index contributed by atoms with van der Waals surface area (Å²) in [6, 6.07) is 2.25. The van der Waals surface area contributed by atoms with Gasteiger partial charge in [-0.15, -0.1) is 0 Å². The molecule has 0 amide bonds. The highest BCUT2D eigenvalue weighted by Gasteiger charge is 2.12. The van der Waals surface area contributed by atoms with E-state index in [1.165, 1.54) is 12.1 Å². The number of pyridine rings is 1. The van der Waals surface area contributed by atoms with Gasteiger partial charge in [-0.25, -0.2) is 18.2 Å². The Hall–Kier alpha value is -0.660. The van der Waals surface area contributed by atoms with Crippen molar-refractivity contribution in [3.8, 4) is 0 Å². The van der Waals surface area contributed by atoms with Crippen LogP contribution in [0.25, 0.3) is 0 Å². The molecule has 0 bridgehead atoms. The van der Waals surface area contributed by atoms with E-state index in [-0.39, 0.29) is 12.3 Å². The van der Waals surface area contributed by atoms with E-state index in [4.69, 9.17) is 10.8 Å². The van der Waals surface area contributed by atoms with Crippen molar-refractivity contribution in [2.45, 2.75) is 12.5 Å². The van der Waals surface area contributed by atoms with Gasteiger partial charge in [-0.05, 0) is 34.5 Å². The maximum atomic E-state index is 13.1. The van der Waals surface area contributed by atoms with Crippen LogP contribution in [0, 0.1) is 5.82 Å². The summed E-state index contributed by atoms with van der Waals surface area (Å²) in [5.41, 5.74) is 5.78. The molecule has 0 radical (unpaired) electrons. The Labute approximate surface area is 99.6 Å². The Kier molecular flexibility index (Phi) is 8.14. The highest BCUT2D eigenvalue weighted by Crippen LogP contribution is 2.17. The number of hydrogen-bond acceptors (Lipinski definition) is 3. The Morgan fingerprint density at radius 3 is 2.50 bits per heavy atom. The highest BCUT2D eigenvalue weighted by atomic mass is 79.9. The maximum Gasteiger partial charge on any atom is 0.229 e. The molecule has 3 N–H and O–H groups in total. The van der Waals surface area contributed by atoms with Crippen LogP contribution in [0.3, 0.4) is 0 Å². The van der Waals surface area contributed by atoms with E-state index in [0.29, 0.717) is 11.0 Å². The quantitative estimate of drug-likeness (QED) is 0.842. The van der Waals surface area contributed by atoms with Crippen molar-refractivity contribution < 1.29 is 18.3 Å². The van der Waals surface area contributed by atoms with Crippen LogP contribution in [-0.4, -0.2) is 23.6 Å². The van der Waals surface area contributed by atoms with Gasteiger partial charge in [-0.1, -0.05) is 0 Å². The zero-order valence-electron chi connectivity index (χ0n) is 8.34. The zero-order valence-corrected chi connectivity index (χ0v) is 9.92. The van der Waals surface area contributed by atoms with Gasteiger partial charge in [0.15, 0.2) is 0 Å². The monoisotopic (exact) mass is 300 g/mol. The van der Waals surface area contributed by atoms with Crippen LogP contribution in [0.4, 0.5) is 13.2 Å². The average Bonchev–Trinajstić information content (AvgIpc) is 2.23. The predicted molar refractivity (Wildman–Crippen MR) is 57.6 cm³/mol. The lowest BCUT2D eigenvalue weighted by Crippen LogP contribution is -2.15. The van der Waals surface area contributed by atoms with E-state index in [2.05, 4.69) is 20.9 Å². The van der Waals surface area contributed by atoms with E-state index >= 15 is 0 Å². The Bertz CT molecular complexity index is 315. The zero-order chi connectivity index (χ0) is 12.6. The van der Waals surface area contributed by atoms with Crippen molar-refractivity contribution in [3.05, 3.63) is 28.2 Å². The first-order valence-corrected chi connectivity index (χ1v) is 5.16. The van der Waals surface area contributed by atoms with Crippen molar-refractivity contribution in [1.82, 2.24) is 4.98 Å². The first kappa shape index (κ1) is 15.3. The Morgan fingerprint density at radius 1 is 1.44 bits per heavy atom. The molecule has 16 heavy (non-hydrogen) atoms. The average molecular weight is 301 g/mol. The van der Waals surface area contributed by atoms with Crippen LogP contribution < -0.4 is 5.73 Å². The summed E-state index contributed by atoms with van der Waals surface area (Å²) in [4.78, 5) is 3.90. The summed E-state index contributed by atoms with van der Waals surface area (Å²) >= 11 is 3.12. The number of hydrogen-bond donors (Lipinski definition) is 2. The largest absolute Gasteiger partial charge is 0.396 e. The fourth-order valence-electron chi connectivity index (χ4n) is 0.969. The molecular weight excluding hydrogens is 289 g/mol. The van der Waals surface area contributed by atoms with Gasteiger partial charge >= 0.3 is 0 Å².